The Bertz CT molecular complexity index is 1120. The summed E-state index contributed by atoms with van der Waals surface area (Å²) in [5, 5.41) is 6.77. The SMILES string of the molecule is Cc1onc(-c2c(F)cccc2Cl)c1C(=O)Nc1ccc(-n2ccnc2)cc1. The van der Waals surface area contributed by atoms with E-state index in [9.17, 15) is 9.18 Å². The van der Waals surface area contributed by atoms with Gasteiger partial charge >= 0.3 is 0 Å². The molecule has 2 aromatic heterocycles. The minimum Gasteiger partial charge on any atom is -0.360 e. The second-order valence-electron chi connectivity index (χ2n) is 6.03. The maximum Gasteiger partial charge on any atom is 0.261 e. The normalized spacial score (nSPS) is 10.8. The summed E-state index contributed by atoms with van der Waals surface area (Å²) in [5.41, 5.74) is 1.69. The van der Waals surface area contributed by atoms with Gasteiger partial charge in [0.05, 0.1) is 16.9 Å². The highest BCUT2D eigenvalue weighted by atomic mass is 35.5. The van der Waals surface area contributed by atoms with Gasteiger partial charge in [-0.15, -0.1) is 0 Å². The zero-order chi connectivity index (χ0) is 19.7. The standard InChI is InChI=1S/C20H14ClFN4O2/c1-12-17(19(25-28-12)18-15(21)3-2-4-16(18)22)20(27)24-13-5-7-14(8-6-13)26-10-9-23-11-26/h2-11H,1H3,(H,24,27). The second-order valence-corrected chi connectivity index (χ2v) is 6.44. The van der Waals surface area contributed by atoms with Crippen molar-refractivity contribution in [3.8, 4) is 16.9 Å². The van der Waals surface area contributed by atoms with E-state index in [1.165, 1.54) is 18.2 Å². The molecule has 4 rings (SSSR count). The number of amides is 1. The number of rotatable bonds is 4. The van der Waals surface area contributed by atoms with Gasteiger partial charge in [0.1, 0.15) is 22.8 Å². The number of nitrogens with one attached hydrogen (secondary N) is 1. The molecule has 0 fully saturated rings. The molecule has 1 amide bonds. The van der Waals surface area contributed by atoms with E-state index in [2.05, 4.69) is 15.5 Å². The van der Waals surface area contributed by atoms with Crippen molar-refractivity contribution in [1.82, 2.24) is 14.7 Å². The van der Waals surface area contributed by atoms with Crippen molar-refractivity contribution in [2.24, 2.45) is 0 Å². The fourth-order valence-corrected chi connectivity index (χ4v) is 3.11. The Labute approximate surface area is 164 Å². The second kappa shape index (κ2) is 7.28. The summed E-state index contributed by atoms with van der Waals surface area (Å²) >= 11 is 6.12. The Morgan fingerprint density at radius 2 is 2.00 bits per heavy atom. The third-order valence-corrected chi connectivity index (χ3v) is 4.53. The number of halogens is 2. The molecule has 0 aliphatic carbocycles. The maximum atomic E-state index is 14.3. The molecule has 28 heavy (non-hydrogen) atoms. The summed E-state index contributed by atoms with van der Waals surface area (Å²) in [7, 11) is 0. The predicted molar refractivity (Wildman–Crippen MR) is 103 cm³/mol. The summed E-state index contributed by atoms with van der Waals surface area (Å²) in [5.74, 6) is -0.787. The van der Waals surface area contributed by atoms with Crippen LogP contribution in [-0.4, -0.2) is 20.6 Å². The fourth-order valence-electron chi connectivity index (χ4n) is 2.86. The molecule has 0 saturated carbocycles. The fraction of sp³-hybridized carbons (Fsp3) is 0.0500. The van der Waals surface area contributed by atoms with E-state index >= 15 is 0 Å². The quantitative estimate of drug-likeness (QED) is 0.533. The Hall–Kier alpha value is -3.45. The number of aryl methyl sites for hydroxylation is 1. The molecule has 1 N–H and O–H groups in total. The number of aromatic nitrogens is 3. The summed E-state index contributed by atoms with van der Waals surface area (Å²) in [6.07, 6.45) is 5.18. The lowest BCUT2D eigenvalue weighted by molar-refractivity contribution is 0.102. The summed E-state index contributed by atoms with van der Waals surface area (Å²) in [6.45, 7) is 1.59. The predicted octanol–water partition coefficient (Wildman–Crippen LogP) is 4.88. The van der Waals surface area contributed by atoms with Gasteiger partial charge in [0.2, 0.25) is 0 Å². The van der Waals surface area contributed by atoms with Crippen LogP contribution in [0.2, 0.25) is 5.02 Å². The number of hydrogen-bond donors (Lipinski definition) is 1. The minimum absolute atomic E-state index is 0.0293. The van der Waals surface area contributed by atoms with Gasteiger partial charge in [-0.2, -0.15) is 0 Å². The Morgan fingerprint density at radius 1 is 1.21 bits per heavy atom. The molecule has 4 aromatic rings. The van der Waals surface area contributed by atoms with Crippen LogP contribution in [-0.2, 0) is 0 Å². The van der Waals surface area contributed by atoms with E-state index in [1.54, 1.807) is 31.6 Å². The van der Waals surface area contributed by atoms with Crippen molar-refractivity contribution in [1.29, 1.82) is 0 Å². The lowest BCUT2D eigenvalue weighted by Crippen LogP contribution is -2.13. The number of anilines is 1. The molecule has 2 aromatic carbocycles. The van der Waals surface area contributed by atoms with Gasteiger partial charge in [0.25, 0.3) is 5.91 Å². The Morgan fingerprint density at radius 3 is 2.68 bits per heavy atom. The molecule has 2 heterocycles. The van der Waals surface area contributed by atoms with Crippen LogP contribution in [0.15, 0.2) is 65.7 Å². The van der Waals surface area contributed by atoms with Crippen LogP contribution in [0, 0.1) is 12.7 Å². The molecule has 0 saturated heterocycles. The van der Waals surface area contributed by atoms with Crippen molar-refractivity contribution in [3.63, 3.8) is 0 Å². The molecule has 8 heteroatoms. The largest absolute Gasteiger partial charge is 0.360 e. The topological polar surface area (TPSA) is 73.0 Å². The van der Waals surface area contributed by atoms with E-state index in [1.807, 2.05) is 22.9 Å². The third-order valence-electron chi connectivity index (χ3n) is 4.22. The molecule has 0 spiro atoms. The average Bonchev–Trinajstić information content (AvgIpc) is 3.33. The van der Waals surface area contributed by atoms with E-state index < -0.39 is 11.7 Å². The molecule has 0 unspecified atom stereocenters. The van der Waals surface area contributed by atoms with Gasteiger partial charge in [-0.05, 0) is 43.3 Å². The molecule has 0 radical (unpaired) electrons. The van der Waals surface area contributed by atoms with Crippen molar-refractivity contribution < 1.29 is 13.7 Å². The van der Waals surface area contributed by atoms with Gasteiger partial charge in [0.15, 0.2) is 0 Å². The van der Waals surface area contributed by atoms with Crippen LogP contribution in [0.3, 0.4) is 0 Å². The highest BCUT2D eigenvalue weighted by molar-refractivity contribution is 6.33. The molecular weight excluding hydrogens is 383 g/mol. The van der Waals surface area contributed by atoms with Crippen LogP contribution in [0.1, 0.15) is 16.1 Å². The molecule has 0 aliphatic rings. The van der Waals surface area contributed by atoms with E-state index in [0.29, 0.717) is 5.69 Å². The highest BCUT2D eigenvalue weighted by Crippen LogP contribution is 2.33. The molecule has 0 aliphatic heterocycles. The molecule has 6 nitrogen and oxygen atoms in total. The lowest BCUT2D eigenvalue weighted by Gasteiger charge is -2.08. The van der Waals surface area contributed by atoms with Crippen LogP contribution in [0.5, 0.6) is 0 Å². The maximum absolute atomic E-state index is 14.3. The van der Waals surface area contributed by atoms with Gasteiger partial charge in [-0.3, -0.25) is 4.79 Å². The first kappa shape index (κ1) is 17.9. The highest BCUT2D eigenvalue weighted by Gasteiger charge is 2.25. The molecule has 140 valence electrons. The Balaban J connectivity index is 1.64. The zero-order valence-electron chi connectivity index (χ0n) is 14.7. The van der Waals surface area contributed by atoms with Crippen molar-refractivity contribution >= 4 is 23.2 Å². The third kappa shape index (κ3) is 3.27. The van der Waals surface area contributed by atoms with Crippen molar-refractivity contribution in [3.05, 3.63) is 83.3 Å². The zero-order valence-corrected chi connectivity index (χ0v) is 15.4. The molecular formula is C20H14ClFN4O2. The van der Waals surface area contributed by atoms with Crippen molar-refractivity contribution in [2.75, 3.05) is 5.32 Å². The molecule has 0 bridgehead atoms. The summed E-state index contributed by atoms with van der Waals surface area (Å²) < 4.78 is 21.3. The first-order valence-electron chi connectivity index (χ1n) is 8.35. The van der Waals surface area contributed by atoms with E-state index in [0.717, 1.165) is 5.69 Å². The summed E-state index contributed by atoms with van der Waals surface area (Å²) in [6, 6.07) is 11.5. The number of hydrogen-bond acceptors (Lipinski definition) is 4. The first-order chi connectivity index (χ1) is 13.5. The van der Waals surface area contributed by atoms with Gasteiger partial charge < -0.3 is 14.4 Å². The lowest BCUT2D eigenvalue weighted by atomic mass is 10.0. The van der Waals surface area contributed by atoms with E-state index in [4.69, 9.17) is 16.1 Å². The van der Waals surface area contributed by atoms with Gasteiger partial charge in [-0.1, -0.05) is 22.8 Å². The van der Waals surface area contributed by atoms with Gasteiger partial charge in [0, 0.05) is 23.8 Å². The van der Waals surface area contributed by atoms with E-state index in [-0.39, 0.29) is 27.6 Å². The van der Waals surface area contributed by atoms with Crippen molar-refractivity contribution in [2.45, 2.75) is 6.92 Å². The minimum atomic E-state index is -0.584. The van der Waals surface area contributed by atoms with Crippen LogP contribution in [0.25, 0.3) is 16.9 Å². The summed E-state index contributed by atoms with van der Waals surface area (Å²) in [4.78, 5) is 16.8. The average molecular weight is 397 g/mol. The number of nitrogens with zero attached hydrogens (tertiary/aromatic N) is 3. The number of imidazole rings is 1. The number of benzene rings is 2. The molecule has 0 atom stereocenters. The number of carbonyl (C=O) groups is 1. The smallest absolute Gasteiger partial charge is 0.261 e. The van der Waals surface area contributed by atoms with Crippen LogP contribution in [0.4, 0.5) is 10.1 Å². The monoisotopic (exact) mass is 396 g/mol. The van der Waals surface area contributed by atoms with Gasteiger partial charge in [-0.25, -0.2) is 9.37 Å². The van der Waals surface area contributed by atoms with Crippen LogP contribution >= 0.6 is 11.6 Å². The first-order valence-corrected chi connectivity index (χ1v) is 8.73. The Kier molecular flexibility index (Phi) is 4.67. The number of carbonyl (C=O) groups excluding carboxylic acids is 1. The van der Waals surface area contributed by atoms with Crippen LogP contribution < -0.4 is 5.32 Å².